The number of aromatic hydroxyl groups is 2. The number of rotatable bonds is 4. The second-order valence-corrected chi connectivity index (χ2v) is 4.41. The maximum absolute atomic E-state index is 9.55. The first-order chi connectivity index (χ1) is 7.66. The van der Waals surface area contributed by atoms with E-state index < -0.39 is 0 Å². The number of nitrogens with one attached hydrogen (secondary N) is 1. The monoisotopic (exact) mass is 223 g/mol. The molecule has 0 bridgehead atoms. The van der Waals surface area contributed by atoms with Gasteiger partial charge < -0.3 is 20.6 Å². The van der Waals surface area contributed by atoms with Crippen LogP contribution in [0.15, 0.2) is 18.2 Å². The average Bonchev–Trinajstić information content (AvgIpc) is 2.21. The molecule has 4 heteroatoms. The molecular weight excluding hydrogens is 206 g/mol. The van der Waals surface area contributed by atoms with Gasteiger partial charge in [-0.2, -0.15) is 0 Å². The highest BCUT2D eigenvalue weighted by Crippen LogP contribution is 2.29. The van der Waals surface area contributed by atoms with E-state index in [4.69, 9.17) is 5.11 Å². The van der Waals surface area contributed by atoms with Gasteiger partial charge in [-0.25, -0.2) is 0 Å². The molecule has 0 aromatic heterocycles. The lowest BCUT2D eigenvalue weighted by Crippen LogP contribution is -2.35. The summed E-state index contributed by atoms with van der Waals surface area (Å²) in [5.74, 6) is 0.400. The molecular formula is C12H17NO3. The quantitative estimate of drug-likeness (QED) is 0.574. The Morgan fingerprint density at radius 1 is 1.25 bits per heavy atom. The molecule has 0 aliphatic heterocycles. The van der Waals surface area contributed by atoms with Crippen molar-refractivity contribution in [3.8, 4) is 11.5 Å². The number of hydrogen-bond acceptors (Lipinski definition) is 4. The molecule has 1 aromatic rings. The first kappa shape index (κ1) is 11.2. The van der Waals surface area contributed by atoms with Crippen LogP contribution in [0.4, 0.5) is 0 Å². The van der Waals surface area contributed by atoms with Crippen LogP contribution in [-0.4, -0.2) is 28.0 Å². The van der Waals surface area contributed by atoms with Gasteiger partial charge >= 0.3 is 0 Å². The summed E-state index contributed by atoms with van der Waals surface area (Å²) in [6.07, 6.45) is 1.60. The number of phenolic OH excluding ortho intramolecular Hbond substituents is 2. The van der Waals surface area contributed by atoms with Crippen LogP contribution >= 0.6 is 0 Å². The summed E-state index contributed by atoms with van der Waals surface area (Å²) in [6.45, 7) is 1.37. The zero-order chi connectivity index (χ0) is 11.5. The lowest BCUT2D eigenvalue weighted by Gasteiger charge is -2.31. The third-order valence-electron chi connectivity index (χ3n) is 3.06. The van der Waals surface area contributed by atoms with Crippen molar-refractivity contribution in [2.75, 3.05) is 6.54 Å². The van der Waals surface area contributed by atoms with Crippen LogP contribution < -0.4 is 5.32 Å². The Labute approximate surface area is 94.5 Å². The molecule has 1 saturated carbocycles. The Morgan fingerprint density at radius 2 is 2.00 bits per heavy atom. The number of aliphatic hydroxyl groups excluding tert-OH is 1. The molecule has 0 spiro atoms. The minimum absolute atomic E-state index is 0.0522. The largest absolute Gasteiger partial charge is 0.504 e. The molecule has 16 heavy (non-hydrogen) atoms. The maximum atomic E-state index is 9.55. The van der Waals surface area contributed by atoms with E-state index in [9.17, 15) is 10.2 Å². The van der Waals surface area contributed by atoms with Crippen LogP contribution in [-0.2, 0) is 6.54 Å². The SMILES string of the molecule is Oc1cccc(CNCC2CC(O)C2)c1O. The molecule has 1 aliphatic carbocycles. The predicted octanol–water partition coefficient (Wildman–Crippen LogP) is 0.958. The van der Waals surface area contributed by atoms with Crippen LogP contribution in [0.25, 0.3) is 0 Å². The fourth-order valence-electron chi connectivity index (χ4n) is 2.00. The summed E-state index contributed by atoms with van der Waals surface area (Å²) in [5.41, 5.74) is 0.694. The van der Waals surface area contributed by atoms with E-state index in [2.05, 4.69) is 5.32 Å². The Hall–Kier alpha value is -1.26. The number of benzene rings is 1. The molecule has 2 rings (SSSR count). The van der Waals surface area contributed by atoms with Crippen molar-refractivity contribution in [1.82, 2.24) is 5.32 Å². The van der Waals surface area contributed by atoms with Crippen molar-refractivity contribution in [1.29, 1.82) is 0 Å². The van der Waals surface area contributed by atoms with Gasteiger partial charge in [0.15, 0.2) is 11.5 Å². The zero-order valence-electron chi connectivity index (χ0n) is 9.06. The van der Waals surface area contributed by atoms with Gasteiger partial charge in [-0.3, -0.25) is 0 Å². The molecule has 0 unspecified atom stereocenters. The van der Waals surface area contributed by atoms with Crippen LogP contribution in [0.3, 0.4) is 0 Å². The third-order valence-corrected chi connectivity index (χ3v) is 3.06. The van der Waals surface area contributed by atoms with E-state index in [0.29, 0.717) is 18.0 Å². The maximum Gasteiger partial charge on any atom is 0.161 e. The van der Waals surface area contributed by atoms with Crippen LogP contribution in [0, 0.1) is 5.92 Å². The molecule has 1 aliphatic rings. The first-order valence-corrected chi connectivity index (χ1v) is 5.55. The molecule has 4 nitrogen and oxygen atoms in total. The van der Waals surface area contributed by atoms with Crippen molar-refractivity contribution >= 4 is 0 Å². The van der Waals surface area contributed by atoms with Crippen molar-refractivity contribution in [3.63, 3.8) is 0 Å². The molecule has 0 heterocycles. The lowest BCUT2D eigenvalue weighted by atomic mass is 9.82. The van der Waals surface area contributed by atoms with Crippen LogP contribution in [0.2, 0.25) is 0 Å². The third kappa shape index (κ3) is 2.46. The highest BCUT2D eigenvalue weighted by Gasteiger charge is 2.26. The van der Waals surface area contributed by atoms with Gasteiger partial charge in [0.05, 0.1) is 6.10 Å². The van der Waals surface area contributed by atoms with Crippen molar-refractivity contribution in [3.05, 3.63) is 23.8 Å². The van der Waals surface area contributed by atoms with Crippen LogP contribution in [0.5, 0.6) is 11.5 Å². The smallest absolute Gasteiger partial charge is 0.161 e. The van der Waals surface area contributed by atoms with Crippen LogP contribution in [0.1, 0.15) is 18.4 Å². The molecule has 0 radical (unpaired) electrons. The molecule has 4 N–H and O–H groups in total. The highest BCUT2D eigenvalue weighted by atomic mass is 16.3. The number of phenols is 2. The fraction of sp³-hybridized carbons (Fsp3) is 0.500. The van der Waals surface area contributed by atoms with E-state index in [1.807, 2.05) is 0 Å². The van der Waals surface area contributed by atoms with Crippen molar-refractivity contribution in [2.45, 2.75) is 25.5 Å². The second kappa shape index (κ2) is 4.72. The van der Waals surface area contributed by atoms with Gasteiger partial charge in [0.1, 0.15) is 0 Å². The standard InChI is InChI=1S/C12H17NO3/c14-10-4-8(5-10)6-13-7-9-2-1-3-11(15)12(9)16/h1-3,8,10,13-16H,4-7H2. The molecule has 88 valence electrons. The van der Waals surface area contributed by atoms with E-state index in [0.717, 1.165) is 19.4 Å². The molecule has 1 aromatic carbocycles. The Morgan fingerprint density at radius 3 is 2.69 bits per heavy atom. The predicted molar refractivity (Wildman–Crippen MR) is 60.2 cm³/mol. The first-order valence-electron chi connectivity index (χ1n) is 5.55. The fourth-order valence-corrected chi connectivity index (χ4v) is 2.00. The summed E-state index contributed by atoms with van der Waals surface area (Å²) >= 11 is 0. The summed E-state index contributed by atoms with van der Waals surface area (Å²) in [5, 5.41) is 31.2. The van der Waals surface area contributed by atoms with Gasteiger partial charge in [-0.1, -0.05) is 12.1 Å². The minimum Gasteiger partial charge on any atom is -0.504 e. The summed E-state index contributed by atoms with van der Waals surface area (Å²) < 4.78 is 0. The summed E-state index contributed by atoms with van der Waals surface area (Å²) in [7, 11) is 0. The molecule has 0 amide bonds. The highest BCUT2D eigenvalue weighted by molar-refractivity contribution is 5.44. The number of aliphatic hydroxyl groups is 1. The zero-order valence-corrected chi connectivity index (χ0v) is 9.06. The summed E-state index contributed by atoms with van der Waals surface area (Å²) in [4.78, 5) is 0. The van der Waals surface area contributed by atoms with Gasteiger partial charge in [0.2, 0.25) is 0 Å². The van der Waals surface area contributed by atoms with Gasteiger partial charge in [-0.05, 0) is 31.4 Å². The molecule has 1 fully saturated rings. The minimum atomic E-state index is -0.124. The van der Waals surface area contributed by atoms with E-state index >= 15 is 0 Å². The van der Waals surface area contributed by atoms with Gasteiger partial charge in [-0.15, -0.1) is 0 Å². The Bertz CT molecular complexity index is 361. The topological polar surface area (TPSA) is 72.7 Å². The Kier molecular flexibility index (Phi) is 3.31. The van der Waals surface area contributed by atoms with Crippen molar-refractivity contribution < 1.29 is 15.3 Å². The molecule has 0 saturated heterocycles. The van der Waals surface area contributed by atoms with Gasteiger partial charge in [0.25, 0.3) is 0 Å². The number of para-hydroxylation sites is 1. The Balaban J connectivity index is 1.79. The van der Waals surface area contributed by atoms with Gasteiger partial charge in [0, 0.05) is 12.1 Å². The lowest BCUT2D eigenvalue weighted by molar-refractivity contribution is 0.0429. The normalized spacial score (nSPS) is 24.1. The van der Waals surface area contributed by atoms with E-state index in [-0.39, 0.29) is 17.6 Å². The molecule has 0 atom stereocenters. The van der Waals surface area contributed by atoms with E-state index in [1.165, 1.54) is 6.07 Å². The average molecular weight is 223 g/mol. The van der Waals surface area contributed by atoms with E-state index in [1.54, 1.807) is 12.1 Å². The summed E-state index contributed by atoms with van der Waals surface area (Å²) in [6, 6.07) is 4.94. The number of hydrogen-bond donors (Lipinski definition) is 4. The van der Waals surface area contributed by atoms with Crippen molar-refractivity contribution in [2.24, 2.45) is 5.92 Å². The second-order valence-electron chi connectivity index (χ2n) is 4.41.